The number of hydrogen-bond donors (Lipinski definition) is 1. The van der Waals surface area contributed by atoms with Crippen LogP contribution < -0.4 is 5.32 Å². The molecular formula is C18H17N3O. The Morgan fingerprint density at radius 2 is 1.91 bits per heavy atom. The lowest BCUT2D eigenvalue weighted by Crippen LogP contribution is -2.24. The fraction of sp³-hybridized carbons (Fsp3) is 0.222. The minimum Gasteiger partial charge on any atom is -0.350 e. The summed E-state index contributed by atoms with van der Waals surface area (Å²) in [5.41, 5.74) is 3.93. The number of nitrogens with one attached hydrogen (secondary N) is 1. The first kappa shape index (κ1) is 13.1. The zero-order valence-corrected chi connectivity index (χ0v) is 12.2. The van der Waals surface area contributed by atoms with E-state index in [-0.39, 0.29) is 5.91 Å². The maximum atomic E-state index is 12.1. The van der Waals surface area contributed by atoms with E-state index < -0.39 is 0 Å². The number of amides is 1. The van der Waals surface area contributed by atoms with Gasteiger partial charge in [0, 0.05) is 19.5 Å². The topological polar surface area (TPSA) is 46.9 Å². The molecule has 110 valence electrons. The van der Waals surface area contributed by atoms with Gasteiger partial charge in [0.25, 0.3) is 5.91 Å². The first-order valence-corrected chi connectivity index (χ1v) is 7.63. The van der Waals surface area contributed by atoms with Crippen molar-refractivity contribution in [2.45, 2.75) is 19.4 Å². The van der Waals surface area contributed by atoms with E-state index >= 15 is 0 Å². The van der Waals surface area contributed by atoms with Gasteiger partial charge in [-0.3, -0.25) is 4.79 Å². The van der Waals surface area contributed by atoms with Crippen molar-refractivity contribution in [1.29, 1.82) is 0 Å². The number of aromatic nitrogens is 2. The summed E-state index contributed by atoms with van der Waals surface area (Å²) in [6.45, 7) is 1.43. The predicted octanol–water partition coefficient (Wildman–Crippen LogP) is 2.56. The van der Waals surface area contributed by atoms with E-state index in [4.69, 9.17) is 4.98 Å². The average molecular weight is 291 g/mol. The molecule has 0 fully saturated rings. The first-order chi connectivity index (χ1) is 10.8. The molecule has 0 bridgehead atoms. The molecule has 2 heterocycles. The molecule has 1 aromatic heterocycles. The van der Waals surface area contributed by atoms with Crippen molar-refractivity contribution in [3.8, 4) is 0 Å². The summed E-state index contributed by atoms with van der Waals surface area (Å²) in [7, 11) is 0. The monoisotopic (exact) mass is 291 g/mol. The molecule has 0 radical (unpaired) electrons. The van der Waals surface area contributed by atoms with E-state index in [1.807, 2.05) is 24.3 Å². The number of rotatable bonds is 3. The Balaban J connectivity index is 1.74. The molecule has 0 saturated carbocycles. The Morgan fingerprint density at radius 1 is 1.05 bits per heavy atom. The van der Waals surface area contributed by atoms with Crippen LogP contribution in [0.4, 0.5) is 0 Å². The summed E-state index contributed by atoms with van der Waals surface area (Å²) in [5, 5.41) is 2.95. The van der Waals surface area contributed by atoms with Gasteiger partial charge in [0.15, 0.2) is 0 Å². The fourth-order valence-corrected chi connectivity index (χ4v) is 3.13. The summed E-state index contributed by atoms with van der Waals surface area (Å²) in [5.74, 6) is 1.06. The molecule has 1 N–H and O–H groups in total. The maximum Gasteiger partial charge on any atom is 0.253 e. The Kier molecular flexibility index (Phi) is 3.15. The number of benzene rings is 2. The smallest absolute Gasteiger partial charge is 0.253 e. The van der Waals surface area contributed by atoms with Crippen molar-refractivity contribution < 1.29 is 4.79 Å². The molecule has 1 aliphatic heterocycles. The summed E-state index contributed by atoms with van der Waals surface area (Å²) < 4.78 is 2.20. The molecule has 1 aliphatic rings. The normalized spacial score (nSPS) is 13.9. The van der Waals surface area contributed by atoms with Gasteiger partial charge in [-0.2, -0.15) is 0 Å². The molecule has 22 heavy (non-hydrogen) atoms. The zero-order chi connectivity index (χ0) is 14.9. The average Bonchev–Trinajstić information content (AvgIpc) is 2.82. The van der Waals surface area contributed by atoms with Crippen LogP contribution in [0.25, 0.3) is 11.0 Å². The standard InChI is InChI=1S/C18H17N3O/c22-18-14-7-4-8-15-17(14)21(12-11-19-18)16(20-15)10-9-13-5-2-1-3-6-13/h1-8H,9-12H2,(H,19,22). The number of aryl methyl sites for hydroxylation is 2. The number of hydrogen-bond acceptors (Lipinski definition) is 2. The minimum absolute atomic E-state index is 0.00106. The van der Waals surface area contributed by atoms with Crippen molar-refractivity contribution >= 4 is 16.9 Å². The molecule has 1 amide bonds. The van der Waals surface area contributed by atoms with Crippen molar-refractivity contribution in [3.63, 3.8) is 0 Å². The number of carbonyl (C=O) groups excluding carboxylic acids is 1. The van der Waals surface area contributed by atoms with Crippen molar-refractivity contribution in [3.05, 3.63) is 65.5 Å². The van der Waals surface area contributed by atoms with Crippen LogP contribution in [0.1, 0.15) is 21.7 Å². The predicted molar refractivity (Wildman–Crippen MR) is 85.9 cm³/mol. The van der Waals surface area contributed by atoms with Gasteiger partial charge in [0.1, 0.15) is 5.82 Å². The molecular weight excluding hydrogens is 274 g/mol. The van der Waals surface area contributed by atoms with Gasteiger partial charge in [-0.25, -0.2) is 4.98 Å². The van der Waals surface area contributed by atoms with Crippen molar-refractivity contribution in [1.82, 2.24) is 14.9 Å². The minimum atomic E-state index is -0.00106. The SMILES string of the molecule is O=C1NCCn2c(CCc3ccccc3)nc3cccc1c32. The van der Waals surface area contributed by atoms with Crippen molar-refractivity contribution in [2.24, 2.45) is 0 Å². The third-order valence-electron chi connectivity index (χ3n) is 4.19. The summed E-state index contributed by atoms with van der Waals surface area (Å²) in [4.78, 5) is 16.9. The summed E-state index contributed by atoms with van der Waals surface area (Å²) in [6.07, 6.45) is 1.84. The van der Waals surface area contributed by atoms with Gasteiger partial charge in [-0.15, -0.1) is 0 Å². The largest absolute Gasteiger partial charge is 0.350 e. The van der Waals surface area contributed by atoms with Crippen LogP contribution in [0.5, 0.6) is 0 Å². The molecule has 4 nitrogen and oxygen atoms in total. The van der Waals surface area contributed by atoms with Gasteiger partial charge in [0.05, 0.1) is 16.6 Å². The lowest BCUT2D eigenvalue weighted by molar-refractivity contribution is 0.0956. The highest BCUT2D eigenvalue weighted by Gasteiger charge is 2.20. The Hall–Kier alpha value is -2.62. The molecule has 2 aromatic carbocycles. The second-order valence-corrected chi connectivity index (χ2v) is 5.59. The molecule has 0 spiro atoms. The van der Waals surface area contributed by atoms with Crippen LogP contribution in [-0.4, -0.2) is 22.0 Å². The van der Waals surface area contributed by atoms with E-state index in [0.29, 0.717) is 6.54 Å². The summed E-state index contributed by atoms with van der Waals surface area (Å²) >= 11 is 0. The second-order valence-electron chi connectivity index (χ2n) is 5.59. The van der Waals surface area contributed by atoms with Crippen LogP contribution in [0.3, 0.4) is 0 Å². The molecule has 0 aliphatic carbocycles. The molecule has 3 aromatic rings. The van der Waals surface area contributed by atoms with E-state index in [0.717, 1.165) is 41.8 Å². The van der Waals surface area contributed by atoms with Crippen LogP contribution in [0.2, 0.25) is 0 Å². The van der Waals surface area contributed by atoms with E-state index in [1.165, 1.54) is 5.56 Å². The van der Waals surface area contributed by atoms with Crippen LogP contribution in [-0.2, 0) is 19.4 Å². The van der Waals surface area contributed by atoms with Crippen LogP contribution >= 0.6 is 0 Å². The summed E-state index contributed by atoms with van der Waals surface area (Å²) in [6, 6.07) is 16.2. The van der Waals surface area contributed by atoms with Gasteiger partial charge >= 0.3 is 0 Å². The van der Waals surface area contributed by atoms with Gasteiger partial charge in [-0.05, 0) is 24.1 Å². The van der Waals surface area contributed by atoms with Gasteiger partial charge in [0.2, 0.25) is 0 Å². The van der Waals surface area contributed by atoms with E-state index in [9.17, 15) is 4.79 Å². The molecule has 0 atom stereocenters. The number of imidazole rings is 1. The van der Waals surface area contributed by atoms with Crippen LogP contribution in [0, 0.1) is 0 Å². The van der Waals surface area contributed by atoms with E-state index in [1.54, 1.807) is 0 Å². The third kappa shape index (κ3) is 2.17. The van der Waals surface area contributed by atoms with Crippen LogP contribution in [0.15, 0.2) is 48.5 Å². The fourth-order valence-electron chi connectivity index (χ4n) is 3.13. The Labute approximate surface area is 128 Å². The molecule has 4 heteroatoms. The molecule has 0 saturated heterocycles. The number of para-hydroxylation sites is 1. The van der Waals surface area contributed by atoms with Gasteiger partial charge in [-0.1, -0.05) is 36.4 Å². The highest BCUT2D eigenvalue weighted by molar-refractivity contribution is 6.05. The first-order valence-electron chi connectivity index (χ1n) is 7.63. The Morgan fingerprint density at radius 3 is 2.77 bits per heavy atom. The highest BCUT2D eigenvalue weighted by atomic mass is 16.1. The van der Waals surface area contributed by atoms with Gasteiger partial charge < -0.3 is 9.88 Å². The van der Waals surface area contributed by atoms with Crippen molar-refractivity contribution in [2.75, 3.05) is 6.54 Å². The lowest BCUT2D eigenvalue weighted by Gasteiger charge is -2.07. The Bertz CT molecular complexity index is 836. The quantitative estimate of drug-likeness (QED) is 0.806. The maximum absolute atomic E-state index is 12.1. The third-order valence-corrected chi connectivity index (χ3v) is 4.19. The second kappa shape index (κ2) is 5.30. The molecule has 0 unspecified atom stereocenters. The number of nitrogens with zero attached hydrogens (tertiary/aromatic N) is 2. The number of carbonyl (C=O) groups is 1. The lowest BCUT2D eigenvalue weighted by atomic mass is 10.1. The zero-order valence-electron chi connectivity index (χ0n) is 12.2. The highest BCUT2D eigenvalue weighted by Crippen LogP contribution is 2.23. The van der Waals surface area contributed by atoms with E-state index in [2.05, 4.69) is 34.1 Å². The molecule has 4 rings (SSSR count).